The highest BCUT2D eigenvalue weighted by Crippen LogP contribution is 2.32. The molecule has 0 atom stereocenters. The Kier molecular flexibility index (Phi) is 6.72. The molecule has 0 N–H and O–H groups in total. The molecular formula is C25H24N4O5. The summed E-state index contributed by atoms with van der Waals surface area (Å²) in [5, 5.41) is 8.93. The van der Waals surface area contributed by atoms with Crippen LogP contribution in [0.4, 0.5) is 0 Å². The van der Waals surface area contributed by atoms with Crippen molar-refractivity contribution in [1.82, 2.24) is 19.6 Å². The average Bonchev–Trinajstić information content (AvgIpc) is 3.53. The molecule has 174 valence electrons. The summed E-state index contributed by atoms with van der Waals surface area (Å²) < 4.78 is 19.0. The van der Waals surface area contributed by atoms with Crippen LogP contribution in [0.2, 0.25) is 0 Å². The van der Waals surface area contributed by atoms with Crippen LogP contribution in [0.25, 0.3) is 16.9 Å². The van der Waals surface area contributed by atoms with Crippen molar-refractivity contribution in [3.8, 4) is 22.7 Å². The van der Waals surface area contributed by atoms with Crippen LogP contribution in [-0.4, -0.2) is 52.3 Å². The lowest BCUT2D eigenvalue weighted by molar-refractivity contribution is 0.0549. The monoisotopic (exact) mass is 460 g/mol. The van der Waals surface area contributed by atoms with E-state index < -0.39 is 11.9 Å². The minimum atomic E-state index is -0.703. The Bertz CT molecular complexity index is 1300. The van der Waals surface area contributed by atoms with Gasteiger partial charge in [0.05, 0.1) is 33.1 Å². The van der Waals surface area contributed by atoms with Crippen LogP contribution in [0.5, 0.6) is 5.75 Å². The second-order valence-electron chi connectivity index (χ2n) is 7.26. The standard InChI is InChI=1S/C25H24N4O5/c1-4-34-20-12-11-17(15-18(20)16-28-14-8-13-26-28)22-21(24(30)32-2)23(25(31)33-3)29(27-22)19-9-6-5-7-10-19/h5-15H,4,16H2,1-3H3. The van der Waals surface area contributed by atoms with Gasteiger partial charge >= 0.3 is 11.9 Å². The van der Waals surface area contributed by atoms with Gasteiger partial charge in [-0.3, -0.25) is 4.68 Å². The molecule has 0 unspecified atom stereocenters. The van der Waals surface area contributed by atoms with Gasteiger partial charge in [-0.05, 0) is 43.3 Å². The summed E-state index contributed by atoms with van der Waals surface area (Å²) in [5.74, 6) is -0.706. The first-order valence-corrected chi connectivity index (χ1v) is 10.7. The van der Waals surface area contributed by atoms with Crippen LogP contribution in [0.3, 0.4) is 0 Å². The van der Waals surface area contributed by atoms with Gasteiger partial charge in [-0.1, -0.05) is 18.2 Å². The highest BCUT2D eigenvalue weighted by Gasteiger charge is 2.31. The van der Waals surface area contributed by atoms with E-state index in [0.29, 0.717) is 35.8 Å². The number of ether oxygens (including phenoxy) is 3. The molecule has 0 saturated heterocycles. The molecule has 2 aromatic heterocycles. The number of hydrogen-bond acceptors (Lipinski definition) is 7. The van der Waals surface area contributed by atoms with E-state index in [0.717, 1.165) is 5.56 Å². The Balaban J connectivity index is 1.94. The van der Waals surface area contributed by atoms with Crippen LogP contribution in [-0.2, 0) is 16.0 Å². The maximum Gasteiger partial charge on any atom is 0.357 e. The molecule has 0 bridgehead atoms. The lowest BCUT2D eigenvalue weighted by atomic mass is 10.0. The zero-order chi connectivity index (χ0) is 24.1. The number of carbonyl (C=O) groups excluding carboxylic acids is 2. The molecule has 0 aliphatic carbocycles. The van der Waals surface area contributed by atoms with E-state index in [1.807, 2.05) is 49.5 Å². The zero-order valence-electron chi connectivity index (χ0n) is 19.1. The molecule has 0 amide bonds. The van der Waals surface area contributed by atoms with Crippen LogP contribution in [0, 0.1) is 0 Å². The number of esters is 2. The van der Waals surface area contributed by atoms with E-state index in [-0.39, 0.29) is 11.3 Å². The molecule has 0 saturated carbocycles. The van der Waals surface area contributed by atoms with Gasteiger partial charge in [0.1, 0.15) is 17.0 Å². The van der Waals surface area contributed by atoms with Gasteiger partial charge in [-0.15, -0.1) is 0 Å². The third-order valence-electron chi connectivity index (χ3n) is 5.18. The molecule has 0 aliphatic rings. The maximum absolute atomic E-state index is 12.9. The Morgan fingerprint density at radius 1 is 0.971 bits per heavy atom. The lowest BCUT2D eigenvalue weighted by Crippen LogP contribution is -2.15. The van der Waals surface area contributed by atoms with Crippen LogP contribution in [0.1, 0.15) is 33.3 Å². The van der Waals surface area contributed by atoms with Crippen molar-refractivity contribution in [3.05, 3.63) is 83.8 Å². The maximum atomic E-state index is 12.9. The number of para-hydroxylation sites is 1. The SMILES string of the molecule is CCOc1ccc(-c2nn(-c3ccccc3)c(C(=O)OC)c2C(=O)OC)cc1Cn1cccn1. The summed E-state index contributed by atoms with van der Waals surface area (Å²) in [6, 6.07) is 16.4. The van der Waals surface area contributed by atoms with Crippen molar-refractivity contribution in [2.24, 2.45) is 0 Å². The third-order valence-corrected chi connectivity index (χ3v) is 5.18. The fourth-order valence-corrected chi connectivity index (χ4v) is 3.67. The summed E-state index contributed by atoms with van der Waals surface area (Å²) in [5.41, 5.74) is 2.35. The average molecular weight is 460 g/mol. The van der Waals surface area contributed by atoms with Crippen molar-refractivity contribution in [3.63, 3.8) is 0 Å². The normalized spacial score (nSPS) is 10.7. The number of rotatable bonds is 8. The first kappa shape index (κ1) is 22.8. The second kappa shape index (κ2) is 10.0. The fourth-order valence-electron chi connectivity index (χ4n) is 3.67. The molecule has 2 heterocycles. The third kappa shape index (κ3) is 4.40. The highest BCUT2D eigenvalue weighted by molar-refractivity contribution is 6.06. The molecule has 34 heavy (non-hydrogen) atoms. The summed E-state index contributed by atoms with van der Waals surface area (Å²) >= 11 is 0. The van der Waals surface area contributed by atoms with E-state index in [2.05, 4.69) is 10.2 Å². The summed E-state index contributed by atoms with van der Waals surface area (Å²) in [7, 11) is 2.51. The number of benzene rings is 2. The van der Waals surface area contributed by atoms with Gasteiger partial charge < -0.3 is 14.2 Å². The Morgan fingerprint density at radius 2 is 1.74 bits per heavy atom. The molecule has 0 spiro atoms. The largest absolute Gasteiger partial charge is 0.494 e. The lowest BCUT2D eigenvalue weighted by Gasteiger charge is -2.12. The predicted molar refractivity (Wildman–Crippen MR) is 124 cm³/mol. The van der Waals surface area contributed by atoms with Crippen LogP contribution in [0.15, 0.2) is 67.0 Å². The summed E-state index contributed by atoms with van der Waals surface area (Å²) in [6.07, 6.45) is 3.55. The molecule has 9 heteroatoms. The fraction of sp³-hybridized carbons (Fsp3) is 0.200. The Labute approximate surface area is 196 Å². The van der Waals surface area contributed by atoms with E-state index in [4.69, 9.17) is 14.2 Å². The van der Waals surface area contributed by atoms with Gasteiger partial charge in [-0.2, -0.15) is 10.2 Å². The van der Waals surface area contributed by atoms with Crippen molar-refractivity contribution in [2.75, 3.05) is 20.8 Å². The number of nitrogens with zero attached hydrogens (tertiary/aromatic N) is 4. The van der Waals surface area contributed by atoms with E-state index in [9.17, 15) is 9.59 Å². The zero-order valence-corrected chi connectivity index (χ0v) is 19.1. The highest BCUT2D eigenvalue weighted by atomic mass is 16.5. The summed E-state index contributed by atoms with van der Waals surface area (Å²) in [4.78, 5) is 25.7. The first-order valence-electron chi connectivity index (χ1n) is 10.7. The van der Waals surface area contributed by atoms with Gasteiger partial charge in [0.2, 0.25) is 0 Å². The number of hydrogen-bond donors (Lipinski definition) is 0. The topological polar surface area (TPSA) is 97.5 Å². The molecule has 0 radical (unpaired) electrons. The van der Waals surface area contributed by atoms with Crippen molar-refractivity contribution in [1.29, 1.82) is 0 Å². The number of carbonyl (C=O) groups is 2. The Morgan fingerprint density at radius 3 is 2.38 bits per heavy atom. The number of methoxy groups -OCH3 is 2. The van der Waals surface area contributed by atoms with Crippen molar-refractivity contribution < 1.29 is 23.8 Å². The smallest absolute Gasteiger partial charge is 0.357 e. The van der Waals surface area contributed by atoms with Crippen molar-refractivity contribution in [2.45, 2.75) is 13.5 Å². The predicted octanol–water partition coefficient (Wildman–Crippen LogP) is 3.76. The van der Waals surface area contributed by atoms with E-state index >= 15 is 0 Å². The van der Waals surface area contributed by atoms with Gasteiger partial charge in [0.15, 0.2) is 5.69 Å². The molecule has 0 fully saturated rings. The molecule has 2 aromatic carbocycles. The molecule has 4 rings (SSSR count). The first-order chi connectivity index (χ1) is 16.6. The van der Waals surface area contributed by atoms with E-state index in [1.165, 1.54) is 18.9 Å². The molecule has 4 aromatic rings. The quantitative estimate of drug-likeness (QED) is 0.369. The van der Waals surface area contributed by atoms with Crippen LogP contribution >= 0.6 is 0 Å². The molecular weight excluding hydrogens is 436 g/mol. The second-order valence-corrected chi connectivity index (χ2v) is 7.26. The van der Waals surface area contributed by atoms with Gasteiger partial charge in [0.25, 0.3) is 0 Å². The molecule has 9 nitrogen and oxygen atoms in total. The van der Waals surface area contributed by atoms with Crippen LogP contribution < -0.4 is 4.74 Å². The Hall–Kier alpha value is -4.40. The van der Waals surface area contributed by atoms with Gasteiger partial charge in [-0.25, -0.2) is 14.3 Å². The van der Waals surface area contributed by atoms with E-state index in [1.54, 1.807) is 29.1 Å². The van der Waals surface area contributed by atoms with Crippen molar-refractivity contribution >= 4 is 11.9 Å². The minimum absolute atomic E-state index is 0.0157. The summed E-state index contributed by atoms with van der Waals surface area (Å²) in [6.45, 7) is 2.85. The number of aromatic nitrogens is 4. The minimum Gasteiger partial charge on any atom is -0.494 e. The molecule has 0 aliphatic heterocycles. The van der Waals surface area contributed by atoms with Gasteiger partial charge in [0, 0.05) is 23.5 Å².